The number of rotatable bonds is 5. The number of halogens is 6. The number of benzene rings is 1. The number of nitriles is 1. The van der Waals surface area contributed by atoms with E-state index in [4.69, 9.17) is 5.26 Å². The van der Waals surface area contributed by atoms with Crippen LogP contribution < -0.4 is 5.32 Å². The van der Waals surface area contributed by atoms with E-state index in [0.717, 1.165) is 24.3 Å². The molecule has 8 nitrogen and oxygen atoms in total. The van der Waals surface area contributed by atoms with Gasteiger partial charge in [0.05, 0.1) is 24.8 Å². The number of hydrogen-bond donors (Lipinski definition) is 3. The molecular formula is C20H20F6N2O6. The molecule has 1 aromatic rings. The summed E-state index contributed by atoms with van der Waals surface area (Å²) in [6, 6.07) is 5.53. The molecule has 0 radical (unpaired) electrons. The molecule has 1 fully saturated rings. The van der Waals surface area contributed by atoms with E-state index in [1.165, 1.54) is 13.8 Å². The normalized spacial score (nSPS) is 29.7. The Morgan fingerprint density at radius 3 is 1.62 bits per heavy atom. The minimum Gasteiger partial charge on any atom is -0.466 e. The average molecular weight is 498 g/mol. The number of alkyl halides is 6. The van der Waals surface area contributed by atoms with Crippen LogP contribution in [0.1, 0.15) is 30.9 Å². The van der Waals surface area contributed by atoms with Crippen molar-refractivity contribution >= 4 is 11.9 Å². The molecular weight excluding hydrogens is 478 g/mol. The maximum absolute atomic E-state index is 14.0. The van der Waals surface area contributed by atoms with Gasteiger partial charge < -0.3 is 19.7 Å². The molecule has 1 heterocycles. The number of esters is 2. The van der Waals surface area contributed by atoms with Crippen LogP contribution in [0.4, 0.5) is 26.3 Å². The lowest BCUT2D eigenvalue weighted by Gasteiger charge is -2.54. The second kappa shape index (κ2) is 9.40. The molecule has 3 N–H and O–H groups in total. The van der Waals surface area contributed by atoms with Crippen molar-refractivity contribution in [3.05, 3.63) is 35.4 Å². The molecule has 188 valence electrons. The molecule has 34 heavy (non-hydrogen) atoms. The SMILES string of the molecule is CCOC(=O)[C@H]1C(c2ccc(C#N)cc2)[C@H](C(=O)OCC)[C@](O)(C(F)(F)F)N[C@]1(O)C(F)(F)F. The fraction of sp³-hybridized carbons (Fsp3) is 0.550. The number of nitrogens with one attached hydrogen (secondary N) is 1. The van der Waals surface area contributed by atoms with Crippen molar-refractivity contribution in [2.45, 2.75) is 43.6 Å². The van der Waals surface area contributed by atoms with Gasteiger partial charge in [-0.05, 0) is 31.5 Å². The third-order valence-corrected chi connectivity index (χ3v) is 5.37. The van der Waals surface area contributed by atoms with E-state index in [0.29, 0.717) is 5.32 Å². The molecule has 1 unspecified atom stereocenters. The van der Waals surface area contributed by atoms with E-state index in [9.17, 15) is 46.1 Å². The van der Waals surface area contributed by atoms with Crippen LogP contribution in [0.5, 0.6) is 0 Å². The van der Waals surface area contributed by atoms with Crippen LogP contribution in [0.15, 0.2) is 24.3 Å². The number of carbonyl (C=O) groups is 2. The van der Waals surface area contributed by atoms with Crippen LogP contribution in [0.3, 0.4) is 0 Å². The van der Waals surface area contributed by atoms with Gasteiger partial charge in [0.1, 0.15) is 11.8 Å². The predicted octanol–water partition coefficient (Wildman–Crippen LogP) is 2.11. The van der Waals surface area contributed by atoms with Gasteiger partial charge in [-0.25, -0.2) is 5.32 Å². The smallest absolute Gasteiger partial charge is 0.432 e. The lowest BCUT2D eigenvalue weighted by Crippen LogP contribution is -2.81. The number of piperidine rings is 1. The first kappa shape index (κ1) is 27.4. The Morgan fingerprint density at radius 2 is 1.32 bits per heavy atom. The van der Waals surface area contributed by atoms with Crippen LogP contribution in [-0.2, 0) is 19.1 Å². The Balaban J connectivity index is 2.97. The molecule has 0 amide bonds. The Bertz CT molecular complexity index is 912. The van der Waals surface area contributed by atoms with Crippen molar-refractivity contribution in [1.82, 2.24) is 5.32 Å². The van der Waals surface area contributed by atoms with Crippen molar-refractivity contribution < 1.29 is 55.6 Å². The minimum atomic E-state index is -5.96. The van der Waals surface area contributed by atoms with Gasteiger partial charge in [0.2, 0.25) is 11.4 Å². The van der Waals surface area contributed by atoms with E-state index in [-0.39, 0.29) is 5.56 Å². The molecule has 1 aliphatic rings. The van der Waals surface area contributed by atoms with Crippen LogP contribution in [0.25, 0.3) is 0 Å². The summed E-state index contributed by atoms with van der Waals surface area (Å²) in [6.07, 6.45) is -11.9. The molecule has 0 aliphatic carbocycles. The third kappa shape index (κ3) is 4.55. The van der Waals surface area contributed by atoms with Crippen LogP contribution in [0, 0.1) is 23.2 Å². The highest BCUT2D eigenvalue weighted by Crippen LogP contribution is 2.55. The second-order valence-corrected chi connectivity index (χ2v) is 7.37. The topological polar surface area (TPSA) is 129 Å². The van der Waals surface area contributed by atoms with Gasteiger partial charge in [-0.3, -0.25) is 9.59 Å². The zero-order valence-corrected chi connectivity index (χ0v) is 17.7. The van der Waals surface area contributed by atoms with Gasteiger partial charge in [-0.1, -0.05) is 12.1 Å². The van der Waals surface area contributed by atoms with Gasteiger partial charge in [-0.15, -0.1) is 0 Å². The highest BCUT2D eigenvalue weighted by molar-refractivity contribution is 5.81. The second-order valence-electron chi connectivity index (χ2n) is 7.37. The number of hydrogen-bond acceptors (Lipinski definition) is 8. The van der Waals surface area contributed by atoms with Gasteiger partial charge in [0.25, 0.3) is 0 Å². The van der Waals surface area contributed by atoms with E-state index in [2.05, 4.69) is 9.47 Å². The largest absolute Gasteiger partial charge is 0.466 e. The van der Waals surface area contributed by atoms with Crippen LogP contribution in [0.2, 0.25) is 0 Å². The molecule has 2 rings (SSSR count). The fourth-order valence-corrected chi connectivity index (χ4v) is 3.92. The first-order valence-corrected chi connectivity index (χ1v) is 9.79. The van der Waals surface area contributed by atoms with Gasteiger partial charge in [0, 0.05) is 5.92 Å². The molecule has 1 saturated heterocycles. The molecule has 14 heteroatoms. The molecule has 5 atom stereocenters. The summed E-state index contributed by atoms with van der Waals surface area (Å²) in [5.41, 5.74) is -9.92. The third-order valence-electron chi connectivity index (χ3n) is 5.37. The minimum absolute atomic E-state index is 0.0461. The summed E-state index contributed by atoms with van der Waals surface area (Å²) in [5, 5.41) is 30.7. The van der Waals surface area contributed by atoms with Gasteiger partial charge in [-0.2, -0.15) is 31.6 Å². The zero-order valence-electron chi connectivity index (χ0n) is 17.7. The first-order chi connectivity index (χ1) is 15.6. The van der Waals surface area contributed by atoms with Gasteiger partial charge in [0.15, 0.2) is 0 Å². The van der Waals surface area contributed by atoms with Crippen LogP contribution in [-0.4, -0.2) is 59.2 Å². The molecule has 0 spiro atoms. The predicted molar refractivity (Wildman–Crippen MR) is 99.3 cm³/mol. The lowest BCUT2D eigenvalue weighted by molar-refractivity contribution is -0.376. The van der Waals surface area contributed by atoms with Crippen molar-refractivity contribution in [3.63, 3.8) is 0 Å². The van der Waals surface area contributed by atoms with Gasteiger partial charge >= 0.3 is 24.3 Å². The summed E-state index contributed by atoms with van der Waals surface area (Å²) in [5.74, 6) is -11.8. The summed E-state index contributed by atoms with van der Waals surface area (Å²) >= 11 is 0. The number of carbonyl (C=O) groups excluding carboxylic acids is 2. The summed E-state index contributed by atoms with van der Waals surface area (Å²) in [6.45, 7) is 1.37. The standard InChI is InChI=1S/C20H20F6N2O6/c1-3-33-15(29)13-12(11-7-5-10(9-27)6-8-11)14(16(30)34-4-2)18(32,20(24,25)26)28-17(13,31)19(21,22)23/h5-8,12-14,28,31-32H,3-4H2,1-2H3/t12?,13-,14-,17-,18+/m1/s1. The number of ether oxygens (including phenoxy) is 2. The van der Waals surface area contributed by atoms with E-state index >= 15 is 0 Å². The van der Waals surface area contributed by atoms with E-state index < -0.39 is 72.3 Å². The Kier molecular flexibility index (Phi) is 7.56. The van der Waals surface area contributed by atoms with Crippen molar-refractivity contribution in [2.75, 3.05) is 13.2 Å². The highest BCUT2D eigenvalue weighted by atomic mass is 19.4. The van der Waals surface area contributed by atoms with Crippen molar-refractivity contribution in [3.8, 4) is 6.07 Å². The summed E-state index contributed by atoms with van der Waals surface area (Å²) in [7, 11) is 0. The maximum atomic E-state index is 14.0. The molecule has 1 aliphatic heterocycles. The molecule has 0 bridgehead atoms. The van der Waals surface area contributed by atoms with E-state index in [1.807, 2.05) is 0 Å². The van der Waals surface area contributed by atoms with Crippen molar-refractivity contribution in [2.24, 2.45) is 11.8 Å². The lowest BCUT2D eigenvalue weighted by atomic mass is 9.64. The molecule has 1 aromatic carbocycles. The number of aliphatic hydroxyl groups is 2. The molecule has 0 saturated carbocycles. The summed E-state index contributed by atoms with van der Waals surface area (Å²) in [4.78, 5) is 25.3. The highest BCUT2D eigenvalue weighted by Gasteiger charge is 2.78. The zero-order chi connectivity index (χ0) is 26.1. The number of nitrogens with zero attached hydrogens (tertiary/aromatic N) is 1. The van der Waals surface area contributed by atoms with Crippen LogP contribution >= 0.6 is 0 Å². The molecule has 0 aromatic heterocycles. The maximum Gasteiger partial charge on any atom is 0.432 e. The van der Waals surface area contributed by atoms with E-state index in [1.54, 1.807) is 6.07 Å². The quantitative estimate of drug-likeness (QED) is 0.416. The fourth-order valence-electron chi connectivity index (χ4n) is 3.92. The summed E-state index contributed by atoms with van der Waals surface area (Å²) < 4.78 is 93.4. The Morgan fingerprint density at radius 1 is 0.941 bits per heavy atom. The first-order valence-electron chi connectivity index (χ1n) is 9.79. The monoisotopic (exact) mass is 498 g/mol. The average Bonchev–Trinajstić information content (AvgIpc) is 2.72. The van der Waals surface area contributed by atoms with Crippen molar-refractivity contribution in [1.29, 1.82) is 5.26 Å². The Hall–Kier alpha value is -2.89. The Labute approximate surface area is 189 Å².